The molecule has 39 heavy (non-hydrogen) atoms. The third-order valence-electron chi connectivity index (χ3n) is 6.71. The van der Waals surface area contributed by atoms with Gasteiger partial charge in [0.05, 0.1) is 25.0 Å². The van der Waals surface area contributed by atoms with E-state index in [0.717, 1.165) is 27.3 Å². The van der Waals surface area contributed by atoms with Gasteiger partial charge in [-0.2, -0.15) is 10.4 Å². The van der Waals surface area contributed by atoms with Crippen molar-refractivity contribution in [2.75, 3.05) is 7.11 Å². The summed E-state index contributed by atoms with van der Waals surface area (Å²) in [6, 6.07) is 26.8. The maximum Gasteiger partial charge on any atom is 0.271 e. The number of benzene rings is 3. The number of para-hydroxylation sites is 1. The van der Waals surface area contributed by atoms with Gasteiger partial charge in [0.25, 0.3) is 11.8 Å². The van der Waals surface area contributed by atoms with Gasteiger partial charge in [-0.1, -0.05) is 48.0 Å². The zero-order valence-corrected chi connectivity index (χ0v) is 21.9. The van der Waals surface area contributed by atoms with E-state index in [4.69, 9.17) is 9.84 Å². The quantitative estimate of drug-likeness (QED) is 0.245. The molecule has 0 bridgehead atoms. The number of carbonyl (C=O) groups is 2. The minimum Gasteiger partial charge on any atom is -0.497 e. The molecule has 0 radical (unpaired) electrons. The number of methoxy groups -OCH3 is 1. The van der Waals surface area contributed by atoms with Crippen LogP contribution in [-0.2, 0) is 16.1 Å². The van der Waals surface area contributed by atoms with Crippen LogP contribution in [0, 0.1) is 18.3 Å². The molecule has 0 spiro atoms. The molecule has 2 amide bonds. The molecule has 4 aromatic rings. The van der Waals surface area contributed by atoms with Gasteiger partial charge in [-0.15, -0.1) is 0 Å². The van der Waals surface area contributed by atoms with Gasteiger partial charge in [0, 0.05) is 22.9 Å². The summed E-state index contributed by atoms with van der Waals surface area (Å²) in [5, 5.41) is 14.7. The van der Waals surface area contributed by atoms with Gasteiger partial charge in [-0.25, -0.2) is 4.68 Å². The van der Waals surface area contributed by atoms with Crippen LogP contribution < -0.4 is 4.74 Å². The van der Waals surface area contributed by atoms with Crippen molar-refractivity contribution in [3.05, 3.63) is 118 Å². The highest BCUT2D eigenvalue weighted by Crippen LogP contribution is 2.32. The van der Waals surface area contributed by atoms with E-state index in [0.29, 0.717) is 22.6 Å². The van der Waals surface area contributed by atoms with Crippen LogP contribution in [0.3, 0.4) is 0 Å². The topological polar surface area (TPSA) is 88.2 Å². The van der Waals surface area contributed by atoms with Gasteiger partial charge in [0.15, 0.2) is 0 Å². The Kier molecular flexibility index (Phi) is 6.94. The van der Waals surface area contributed by atoms with Crippen LogP contribution >= 0.6 is 0 Å². The molecule has 0 atom stereocenters. The number of aryl methyl sites for hydroxylation is 1. The maximum atomic E-state index is 13.7. The fourth-order valence-corrected chi connectivity index (χ4v) is 4.48. The Morgan fingerprint density at radius 1 is 0.923 bits per heavy atom. The second kappa shape index (κ2) is 10.6. The molecule has 3 aromatic carbocycles. The minimum absolute atomic E-state index is 0.0468. The van der Waals surface area contributed by atoms with Crippen molar-refractivity contribution in [3.63, 3.8) is 0 Å². The largest absolute Gasteiger partial charge is 0.497 e. The second-order valence-corrected chi connectivity index (χ2v) is 9.29. The maximum absolute atomic E-state index is 13.7. The van der Waals surface area contributed by atoms with Gasteiger partial charge in [-0.3, -0.25) is 14.5 Å². The number of nitrogens with zero attached hydrogens (tertiary/aromatic N) is 4. The van der Waals surface area contributed by atoms with Gasteiger partial charge < -0.3 is 4.74 Å². The molecule has 192 valence electrons. The van der Waals surface area contributed by atoms with Crippen LogP contribution in [0.5, 0.6) is 5.75 Å². The zero-order valence-electron chi connectivity index (χ0n) is 21.9. The van der Waals surface area contributed by atoms with Gasteiger partial charge in [0.1, 0.15) is 17.4 Å². The standard InChI is InChI=1S/C32H26N4O3/c1-21-9-11-23(12-10-21)19-35-31(37)28(22(2)29(18-33)32(35)38)17-25-20-36(26-7-5-4-6-8-26)34-30(25)24-13-15-27(39-3)16-14-24/h4-17,20H,19H2,1-3H3/b28-17+. The lowest BCUT2D eigenvalue weighted by atomic mass is 9.93. The summed E-state index contributed by atoms with van der Waals surface area (Å²) in [6.45, 7) is 3.68. The molecule has 0 unspecified atom stereocenters. The van der Waals surface area contributed by atoms with E-state index in [1.807, 2.05) is 98.1 Å². The van der Waals surface area contributed by atoms with Gasteiger partial charge >= 0.3 is 0 Å². The number of hydrogen-bond donors (Lipinski definition) is 0. The number of nitriles is 1. The molecule has 0 saturated carbocycles. The molecule has 1 aromatic heterocycles. The number of amides is 2. The molecule has 1 aliphatic heterocycles. The summed E-state index contributed by atoms with van der Waals surface area (Å²) < 4.78 is 7.05. The predicted octanol–water partition coefficient (Wildman–Crippen LogP) is 5.65. The first-order chi connectivity index (χ1) is 18.9. The van der Waals surface area contributed by atoms with Crippen LogP contribution in [0.1, 0.15) is 23.6 Å². The molecule has 2 heterocycles. The number of imide groups is 1. The van der Waals surface area contributed by atoms with Crippen LogP contribution in [0.2, 0.25) is 0 Å². The van der Waals surface area contributed by atoms with Crippen molar-refractivity contribution in [3.8, 4) is 28.8 Å². The van der Waals surface area contributed by atoms with Crippen LogP contribution in [0.4, 0.5) is 0 Å². The Hall–Kier alpha value is -5.22. The average molecular weight is 515 g/mol. The van der Waals surface area contributed by atoms with Crippen LogP contribution in [-0.4, -0.2) is 33.6 Å². The van der Waals surface area contributed by atoms with E-state index < -0.39 is 11.8 Å². The lowest BCUT2D eigenvalue weighted by molar-refractivity contribution is -0.141. The Balaban J connectivity index is 1.63. The molecule has 1 aliphatic rings. The van der Waals surface area contributed by atoms with Crippen LogP contribution in [0.25, 0.3) is 23.0 Å². The van der Waals surface area contributed by atoms with E-state index in [9.17, 15) is 14.9 Å². The lowest BCUT2D eigenvalue weighted by Gasteiger charge is -2.27. The van der Waals surface area contributed by atoms with Crippen LogP contribution in [0.15, 0.2) is 102 Å². The summed E-state index contributed by atoms with van der Waals surface area (Å²) in [6.07, 6.45) is 3.56. The highest BCUT2D eigenvalue weighted by molar-refractivity contribution is 6.19. The SMILES string of the molecule is COc1ccc(-c2nn(-c3ccccc3)cc2/C=C2/C(=O)N(Cc3ccc(C)cc3)C(=O)C(C#N)=C2C)cc1. The highest BCUT2D eigenvalue weighted by atomic mass is 16.5. The molecule has 0 fully saturated rings. The summed E-state index contributed by atoms with van der Waals surface area (Å²) in [4.78, 5) is 28.0. The molecular weight excluding hydrogens is 488 g/mol. The molecule has 5 rings (SSSR count). The van der Waals surface area contributed by atoms with E-state index in [1.165, 1.54) is 0 Å². The van der Waals surface area contributed by atoms with Crippen molar-refractivity contribution in [2.24, 2.45) is 0 Å². The Morgan fingerprint density at radius 2 is 1.62 bits per heavy atom. The van der Waals surface area contributed by atoms with Gasteiger partial charge in [-0.05, 0) is 67.5 Å². The molecule has 0 saturated heterocycles. The normalized spacial score (nSPS) is 14.6. The average Bonchev–Trinajstić information content (AvgIpc) is 3.39. The molecule has 7 heteroatoms. The number of hydrogen-bond acceptors (Lipinski definition) is 5. The third-order valence-corrected chi connectivity index (χ3v) is 6.71. The smallest absolute Gasteiger partial charge is 0.271 e. The summed E-state index contributed by atoms with van der Waals surface area (Å²) >= 11 is 0. The first-order valence-electron chi connectivity index (χ1n) is 12.4. The molecule has 0 aliphatic carbocycles. The van der Waals surface area contributed by atoms with E-state index in [-0.39, 0.29) is 17.7 Å². The van der Waals surface area contributed by atoms with Crippen molar-refractivity contribution in [2.45, 2.75) is 20.4 Å². The monoisotopic (exact) mass is 514 g/mol. The zero-order chi connectivity index (χ0) is 27.5. The first-order valence-corrected chi connectivity index (χ1v) is 12.4. The number of carbonyl (C=O) groups excluding carboxylic acids is 2. The summed E-state index contributed by atoms with van der Waals surface area (Å²) in [5.41, 5.74) is 5.46. The van der Waals surface area contributed by atoms with Crippen molar-refractivity contribution >= 4 is 17.9 Å². The fraction of sp³-hybridized carbons (Fsp3) is 0.125. The molecular formula is C32H26N4O3. The fourth-order valence-electron chi connectivity index (χ4n) is 4.48. The summed E-state index contributed by atoms with van der Waals surface area (Å²) in [7, 11) is 1.61. The Morgan fingerprint density at radius 3 is 2.26 bits per heavy atom. The Bertz CT molecular complexity index is 1660. The summed E-state index contributed by atoms with van der Waals surface area (Å²) in [5.74, 6) is -0.329. The number of rotatable bonds is 6. The predicted molar refractivity (Wildman–Crippen MR) is 149 cm³/mol. The minimum atomic E-state index is -0.590. The third kappa shape index (κ3) is 5.00. The number of aromatic nitrogens is 2. The molecule has 0 N–H and O–H groups in total. The highest BCUT2D eigenvalue weighted by Gasteiger charge is 2.35. The second-order valence-electron chi connectivity index (χ2n) is 9.29. The Labute approximate surface area is 226 Å². The van der Waals surface area contributed by atoms with Gasteiger partial charge in [0.2, 0.25) is 0 Å². The molecule has 7 nitrogen and oxygen atoms in total. The van der Waals surface area contributed by atoms with E-state index in [2.05, 4.69) is 0 Å². The van der Waals surface area contributed by atoms with E-state index in [1.54, 1.807) is 24.8 Å². The van der Waals surface area contributed by atoms with E-state index >= 15 is 0 Å². The first kappa shape index (κ1) is 25.4. The lowest BCUT2D eigenvalue weighted by Crippen LogP contribution is -2.42. The van der Waals surface area contributed by atoms with Crippen molar-refractivity contribution in [1.29, 1.82) is 5.26 Å². The van der Waals surface area contributed by atoms with Crippen molar-refractivity contribution in [1.82, 2.24) is 14.7 Å². The number of ether oxygens (including phenoxy) is 1. The van der Waals surface area contributed by atoms with Crippen molar-refractivity contribution < 1.29 is 14.3 Å².